The highest BCUT2D eigenvalue weighted by Crippen LogP contribution is 2.43. The Morgan fingerprint density at radius 3 is 2.47 bits per heavy atom. The summed E-state index contributed by atoms with van der Waals surface area (Å²) in [5.74, 6) is -0.281. The Balaban J connectivity index is 1.68. The maximum absolute atomic E-state index is 13.2. The zero-order valence-corrected chi connectivity index (χ0v) is 17.4. The van der Waals surface area contributed by atoms with Gasteiger partial charge in [-0.1, -0.05) is 23.9 Å². The van der Waals surface area contributed by atoms with Crippen LogP contribution < -0.4 is 10.2 Å². The highest BCUT2D eigenvalue weighted by atomic mass is 32.2. The summed E-state index contributed by atoms with van der Waals surface area (Å²) in [5.41, 5.74) is 3.13. The monoisotopic (exact) mass is 413 g/mol. The molecule has 4 rings (SSSR count). The fourth-order valence-corrected chi connectivity index (χ4v) is 4.48. The first kappa shape index (κ1) is 19.7. The Morgan fingerprint density at radius 2 is 1.77 bits per heavy atom. The summed E-state index contributed by atoms with van der Waals surface area (Å²) in [7, 11) is 0. The Bertz CT molecular complexity index is 1180. The number of anilines is 2. The molecule has 1 N–H and O–H groups in total. The summed E-state index contributed by atoms with van der Waals surface area (Å²) < 4.78 is 0. The topological polar surface area (TPSA) is 73.2 Å². The minimum absolute atomic E-state index is 0.0119. The number of carbonyl (C=O) groups excluding carboxylic acids is 2. The van der Waals surface area contributed by atoms with Crippen LogP contribution in [0.3, 0.4) is 0 Å². The molecule has 1 heterocycles. The van der Waals surface area contributed by atoms with Crippen LogP contribution in [0.1, 0.15) is 40.1 Å². The highest BCUT2D eigenvalue weighted by Gasteiger charge is 2.29. The zero-order chi connectivity index (χ0) is 21.3. The van der Waals surface area contributed by atoms with E-state index in [1.165, 1.54) is 11.8 Å². The number of nitrogens with one attached hydrogen (secondary N) is 1. The van der Waals surface area contributed by atoms with Crippen LogP contribution in [0.2, 0.25) is 0 Å². The molecule has 1 aliphatic heterocycles. The first-order valence-electron chi connectivity index (χ1n) is 9.54. The second-order valence-electron chi connectivity index (χ2n) is 7.19. The number of fused-ring (bicyclic) bond motifs is 2. The quantitative estimate of drug-likeness (QED) is 0.630. The number of nitrogens with zero attached hydrogens (tertiary/aromatic N) is 2. The Kier molecular flexibility index (Phi) is 5.30. The second-order valence-corrected chi connectivity index (χ2v) is 8.28. The maximum atomic E-state index is 13.2. The van der Waals surface area contributed by atoms with Gasteiger partial charge < -0.3 is 10.2 Å². The summed E-state index contributed by atoms with van der Waals surface area (Å²) in [6, 6.07) is 21.7. The first-order chi connectivity index (χ1) is 14.5. The average molecular weight is 414 g/mol. The maximum Gasteiger partial charge on any atom is 0.259 e. The number of rotatable bonds is 3. The smallest absolute Gasteiger partial charge is 0.259 e. The largest absolute Gasteiger partial charge is 0.322 e. The Hall–Kier alpha value is -3.56. The lowest BCUT2D eigenvalue weighted by molar-refractivity contribution is 0.0976. The molecule has 0 aromatic heterocycles. The second kappa shape index (κ2) is 8.05. The zero-order valence-electron chi connectivity index (χ0n) is 16.5. The molecule has 3 aromatic carbocycles. The number of carbonyl (C=O) groups is 2. The van der Waals surface area contributed by atoms with Gasteiger partial charge in [-0.2, -0.15) is 5.26 Å². The Labute approximate surface area is 179 Å². The average Bonchev–Trinajstić information content (AvgIpc) is 2.87. The number of amides is 2. The molecule has 30 heavy (non-hydrogen) atoms. The van der Waals surface area contributed by atoms with Crippen molar-refractivity contribution < 1.29 is 9.59 Å². The van der Waals surface area contributed by atoms with Crippen molar-refractivity contribution in [3.8, 4) is 6.07 Å². The van der Waals surface area contributed by atoms with Crippen LogP contribution in [0, 0.1) is 11.3 Å². The molecule has 6 heteroatoms. The number of benzene rings is 3. The predicted octanol–water partition coefficient (Wildman–Crippen LogP) is 5.33. The van der Waals surface area contributed by atoms with Crippen molar-refractivity contribution in [1.29, 1.82) is 5.26 Å². The molecule has 2 amide bonds. The molecule has 0 aliphatic carbocycles. The molecule has 0 radical (unpaired) electrons. The van der Waals surface area contributed by atoms with Crippen LogP contribution in [0.15, 0.2) is 76.5 Å². The van der Waals surface area contributed by atoms with E-state index in [1.807, 2.05) is 56.3 Å². The van der Waals surface area contributed by atoms with E-state index in [2.05, 4.69) is 5.32 Å². The van der Waals surface area contributed by atoms with E-state index in [9.17, 15) is 9.59 Å². The van der Waals surface area contributed by atoms with E-state index in [1.54, 1.807) is 35.2 Å². The van der Waals surface area contributed by atoms with E-state index in [-0.39, 0.29) is 17.9 Å². The summed E-state index contributed by atoms with van der Waals surface area (Å²) >= 11 is 1.52. The molecular weight excluding hydrogens is 394 g/mol. The van der Waals surface area contributed by atoms with Gasteiger partial charge >= 0.3 is 0 Å². The summed E-state index contributed by atoms with van der Waals surface area (Å²) in [6.45, 7) is 3.97. The third kappa shape index (κ3) is 3.68. The van der Waals surface area contributed by atoms with Gasteiger partial charge in [0.1, 0.15) is 0 Å². The molecule has 0 saturated carbocycles. The fourth-order valence-electron chi connectivity index (χ4n) is 3.37. The van der Waals surface area contributed by atoms with Gasteiger partial charge in [-0.25, -0.2) is 0 Å². The summed E-state index contributed by atoms with van der Waals surface area (Å²) in [6.07, 6.45) is 0. The van der Waals surface area contributed by atoms with Crippen LogP contribution in [0.4, 0.5) is 11.4 Å². The third-order valence-electron chi connectivity index (χ3n) is 4.83. The van der Waals surface area contributed by atoms with Crippen LogP contribution in [-0.4, -0.2) is 17.9 Å². The molecule has 0 unspecified atom stereocenters. The van der Waals surface area contributed by atoms with Gasteiger partial charge in [0, 0.05) is 27.1 Å². The normalized spacial score (nSPS) is 12.6. The van der Waals surface area contributed by atoms with E-state index in [4.69, 9.17) is 5.26 Å². The molecule has 0 bridgehead atoms. The van der Waals surface area contributed by atoms with Gasteiger partial charge in [-0.05, 0) is 68.4 Å². The Morgan fingerprint density at radius 1 is 1.03 bits per heavy atom. The van der Waals surface area contributed by atoms with Gasteiger partial charge in [-0.3, -0.25) is 9.59 Å². The van der Waals surface area contributed by atoms with Crippen molar-refractivity contribution in [2.45, 2.75) is 29.7 Å². The SMILES string of the molecule is CC(C)N1C(=O)c2ccccc2Sc2cc(NC(=O)c3ccc(C#N)cc3)ccc21. The van der Waals surface area contributed by atoms with Crippen molar-refractivity contribution in [2.75, 3.05) is 10.2 Å². The van der Waals surface area contributed by atoms with E-state index < -0.39 is 0 Å². The number of hydrogen-bond donors (Lipinski definition) is 1. The van der Waals surface area contributed by atoms with Crippen LogP contribution >= 0.6 is 11.8 Å². The molecular formula is C24H19N3O2S. The lowest BCUT2D eigenvalue weighted by atomic mass is 10.1. The lowest BCUT2D eigenvalue weighted by Crippen LogP contribution is -2.36. The van der Waals surface area contributed by atoms with Crippen molar-refractivity contribution >= 4 is 35.0 Å². The molecule has 0 spiro atoms. The van der Waals surface area contributed by atoms with E-state index >= 15 is 0 Å². The fraction of sp³-hybridized carbons (Fsp3) is 0.125. The van der Waals surface area contributed by atoms with Gasteiger partial charge in [0.15, 0.2) is 0 Å². The lowest BCUT2D eigenvalue weighted by Gasteiger charge is -2.27. The minimum atomic E-state index is -0.254. The minimum Gasteiger partial charge on any atom is -0.322 e. The molecule has 0 saturated heterocycles. The molecule has 148 valence electrons. The van der Waals surface area contributed by atoms with Crippen molar-refractivity contribution in [1.82, 2.24) is 0 Å². The highest BCUT2D eigenvalue weighted by molar-refractivity contribution is 7.99. The first-order valence-corrected chi connectivity index (χ1v) is 10.4. The van der Waals surface area contributed by atoms with Gasteiger partial charge in [-0.15, -0.1) is 0 Å². The molecule has 1 aliphatic rings. The summed E-state index contributed by atoms with van der Waals surface area (Å²) in [5, 5.41) is 11.8. The third-order valence-corrected chi connectivity index (χ3v) is 5.95. The van der Waals surface area contributed by atoms with Crippen LogP contribution in [0.5, 0.6) is 0 Å². The van der Waals surface area contributed by atoms with Gasteiger partial charge in [0.05, 0.1) is 22.9 Å². The van der Waals surface area contributed by atoms with Crippen molar-refractivity contribution in [3.05, 3.63) is 83.4 Å². The summed E-state index contributed by atoms with van der Waals surface area (Å²) in [4.78, 5) is 29.4. The predicted molar refractivity (Wildman–Crippen MR) is 118 cm³/mol. The molecule has 0 atom stereocenters. The van der Waals surface area contributed by atoms with E-state index in [0.717, 1.165) is 15.5 Å². The van der Waals surface area contributed by atoms with Gasteiger partial charge in [0.2, 0.25) is 0 Å². The van der Waals surface area contributed by atoms with Crippen LogP contribution in [0.25, 0.3) is 0 Å². The molecule has 5 nitrogen and oxygen atoms in total. The van der Waals surface area contributed by atoms with Crippen molar-refractivity contribution in [3.63, 3.8) is 0 Å². The van der Waals surface area contributed by atoms with Crippen molar-refractivity contribution in [2.24, 2.45) is 0 Å². The number of nitriles is 1. The molecule has 0 fully saturated rings. The standard InChI is InChI=1S/C24H19N3O2S/c1-15(2)27-20-12-11-18(26-23(28)17-9-7-16(14-25)8-10-17)13-22(20)30-21-6-4-3-5-19(21)24(27)29/h3-13,15H,1-2H3,(H,26,28). The van der Waals surface area contributed by atoms with E-state index in [0.29, 0.717) is 22.4 Å². The van der Waals surface area contributed by atoms with Crippen LogP contribution in [-0.2, 0) is 0 Å². The van der Waals surface area contributed by atoms with Gasteiger partial charge in [0.25, 0.3) is 11.8 Å². The molecule has 3 aromatic rings. The number of hydrogen-bond acceptors (Lipinski definition) is 4.